The van der Waals surface area contributed by atoms with Crippen molar-refractivity contribution in [3.8, 4) is 5.88 Å². The maximum atomic E-state index is 10.7. The van der Waals surface area contributed by atoms with Gasteiger partial charge in [0.2, 0.25) is 5.88 Å². The normalized spacial score (nSPS) is 9.50. The van der Waals surface area contributed by atoms with E-state index in [0.717, 1.165) is 0 Å². The zero-order valence-electron chi connectivity index (χ0n) is 7.07. The maximum absolute atomic E-state index is 10.7. The first-order chi connectivity index (χ1) is 5.72. The van der Waals surface area contributed by atoms with Crippen LogP contribution in [-0.2, 0) is 11.2 Å². The standard InChI is InChI=1S/C8H10N2O2/c1-6(11)3-7-4-8(12-2)10-5-9-7/h4-5H,3H2,1-2H3. The van der Waals surface area contributed by atoms with Crippen LogP contribution >= 0.6 is 0 Å². The largest absolute Gasteiger partial charge is 0.481 e. The Bertz CT molecular complexity index is 286. The predicted octanol–water partition coefficient (Wildman–Crippen LogP) is 0.617. The quantitative estimate of drug-likeness (QED) is 0.660. The van der Waals surface area contributed by atoms with Crippen LogP contribution in [0.3, 0.4) is 0 Å². The Kier molecular flexibility index (Phi) is 2.74. The van der Waals surface area contributed by atoms with Crippen LogP contribution in [0.2, 0.25) is 0 Å². The number of carbonyl (C=O) groups excluding carboxylic acids is 1. The molecule has 0 aliphatic carbocycles. The Hall–Kier alpha value is -1.45. The molecule has 4 nitrogen and oxygen atoms in total. The lowest BCUT2D eigenvalue weighted by Gasteiger charge is -1.99. The van der Waals surface area contributed by atoms with E-state index < -0.39 is 0 Å². The van der Waals surface area contributed by atoms with Crippen molar-refractivity contribution in [2.75, 3.05) is 7.11 Å². The van der Waals surface area contributed by atoms with Crippen LogP contribution in [0.5, 0.6) is 5.88 Å². The van der Waals surface area contributed by atoms with Gasteiger partial charge in [0.05, 0.1) is 12.8 Å². The van der Waals surface area contributed by atoms with Gasteiger partial charge >= 0.3 is 0 Å². The van der Waals surface area contributed by atoms with E-state index in [0.29, 0.717) is 18.0 Å². The van der Waals surface area contributed by atoms with E-state index >= 15 is 0 Å². The van der Waals surface area contributed by atoms with E-state index in [-0.39, 0.29) is 5.78 Å². The van der Waals surface area contributed by atoms with Gasteiger partial charge in [0.25, 0.3) is 0 Å². The van der Waals surface area contributed by atoms with Gasteiger partial charge in [-0.25, -0.2) is 9.97 Å². The number of aromatic nitrogens is 2. The summed E-state index contributed by atoms with van der Waals surface area (Å²) in [5.74, 6) is 0.567. The van der Waals surface area contributed by atoms with Crippen LogP contribution in [0.1, 0.15) is 12.6 Å². The zero-order valence-corrected chi connectivity index (χ0v) is 7.07. The second-order valence-corrected chi connectivity index (χ2v) is 2.43. The molecular weight excluding hydrogens is 156 g/mol. The molecule has 0 unspecified atom stereocenters. The Balaban J connectivity index is 2.79. The topological polar surface area (TPSA) is 52.1 Å². The molecule has 64 valence electrons. The fourth-order valence-corrected chi connectivity index (χ4v) is 0.840. The van der Waals surface area contributed by atoms with Crippen molar-refractivity contribution < 1.29 is 9.53 Å². The lowest BCUT2D eigenvalue weighted by Crippen LogP contribution is -2.00. The van der Waals surface area contributed by atoms with E-state index in [9.17, 15) is 4.79 Å². The number of ether oxygens (including phenoxy) is 1. The highest BCUT2D eigenvalue weighted by atomic mass is 16.5. The van der Waals surface area contributed by atoms with Gasteiger partial charge in [0.15, 0.2) is 0 Å². The van der Waals surface area contributed by atoms with E-state index in [1.807, 2.05) is 0 Å². The van der Waals surface area contributed by atoms with Gasteiger partial charge in [0.1, 0.15) is 12.1 Å². The lowest BCUT2D eigenvalue weighted by molar-refractivity contribution is -0.116. The molecule has 1 heterocycles. The van der Waals surface area contributed by atoms with Gasteiger partial charge in [-0.15, -0.1) is 0 Å². The monoisotopic (exact) mass is 166 g/mol. The molecule has 4 heteroatoms. The number of nitrogens with zero attached hydrogens (tertiary/aromatic N) is 2. The number of hydrogen-bond donors (Lipinski definition) is 0. The molecule has 0 aliphatic rings. The fraction of sp³-hybridized carbons (Fsp3) is 0.375. The first-order valence-corrected chi connectivity index (χ1v) is 3.56. The summed E-state index contributed by atoms with van der Waals surface area (Å²) >= 11 is 0. The predicted molar refractivity (Wildman–Crippen MR) is 43.0 cm³/mol. The number of hydrogen-bond acceptors (Lipinski definition) is 4. The fourth-order valence-electron chi connectivity index (χ4n) is 0.840. The second-order valence-electron chi connectivity index (χ2n) is 2.43. The highest BCUT2D eigenvalue weighted by Crippen LogP contribution is 2.05. The summed E-state index contributed by atoms with van der Waals surface area (Å²) in [5.41, 5.74) is 0.689. The van der Waals surface area contributed by atoms with E-state index in [4.69, 9.17) is 4.74 Å². The number of Topliss-reactive ketones (excluding diaryl/α,β-unsaturated/α-hetero) is 1. The van der Waals surface area contributed by atoms with Crippen LogP contribution in [0.15, 0.2) is 12.4 Å². The van der Waals surface area contributed by atoms with Crippen LogP contribution in [0.25, 0.3) is 0 Å². The van der Waals surface area contributed by atoms with Gasteiger partial charge in [-0.05, 0) is 6.92 Å². The number of methoxy groups -OCH3 is 1. The number of ketones is 1. The van der Waals surface area contributed by atoms with Crippen molar-refractivity contribution in [1.82, 2.24) is 9.97 Å². The SMILES string of the molecule is COc1cc(CC(C)=O)ncn1. The van der Waals surface area contributed by atoms with Crippen LogP contribution < -0.4 is 4.74 Å². The molecule has 0 saturated carbocycles. The van der Waals surface area contributed by atoms with Crippen molar-refractivity contribution in [3.05, 3.63) is 18.1 Å². The number of carbonyl (C=O) groups is 1. The van der Waals surface area contributed by atoms with Crippen molar-refractivity contribution in [2.24, 2.45) is 0 Å². The molecule has 1 rings (SSSR count). The summed E-state index contributed by atoms with van der Waals surface area (Å²) in [5, 5.41) is 0. The third-order valence-corrected chi connectivity index (χ3v) is 1.34. The summed E-state index contributed by atoms with van der Waals surface area (Å²) in [6.45, 7) is 1.52. The summed E-state index contributed by atoms with van der Waals surface area (Å²) in [6, 6.07) is 1.65. The molecule has 0 aliphatic heterocycles. The average Bonchev–Trinajstić information content (AvgIpc) is 2.03. The highest BCUT2D eigenvalue weighted by Gasteiger charge is 2.00. The first-order valence-electron chi connectivity index (χ1n) is 3.56. The van der Waals surface area contributed by atoms with Gasteiger partial charge in [-0.2, -0.15) is 0 Å². The van der Waals surface area contributed by atoms with Crippen LogP contribution in [0, 0.1) is 0 Å². The van der Waals surface area contributed by atoms with E-state index in [1.54, 1.807) is 6.07 Å². The summed E-state index contributed by atoms with van der Waals surface area (Å²) in [6.07, 6.45) is 1.72. The molecule has 1 aromatic heterocycles. The molecule has 0 fully saturated rings. The Morgan fingerprint density at radius 1 is 1.58 bits per heavy atom. The molecule has 0 amide bonds. The molecule has 1 aromatic rings. The lowest BCUT2D eigenvalue weighted by atomic mass is 10.2. The summed E-state index contributed by atoms with van der Waals surface area (Å²) < 4.78 is 4.87. The molecule has 0 aromatic carbocycles. The minimum Gasteiger partial charge on any atom is -0.481 e. The van der Waals surface area contributed by atoms with Crippen LogP contribution in [-0.4, -0.2) is 22.9 Å². The van der Waals surface area contributed by atoms with Crippen LogP contribution in [0.4, 0.5) is 0 Å². The molecule has 0 bridgehead atoms. The maximum Gasteiger partial charge on any atom is 0.216 e. The minimum absolute atomic E-state index is 0.0794. The third kappa shape index (κ3) is 2.30. The molecule has 0 spiro atoms. The van der Waals surface area contributed by atoms with Crippen molar-refractivity contribution in [3.63, 3.8) is 0 Å². The van der Waals surface area contributed by atoms with Gasteiger partial charge in [0, 0.05) is 12.5 Å². The Morgan fingerprint density at radius 3 is 2.92 bits per heavy atom. The first kappa shape index (κ1) is 8.64. The van der Waals surface area contributed by atoms with Gasteiger partial charge in [-0.3, -0.25) is 4.79 Å². The molecule has 0 atom stereocenters. The van der Waals surface area contributed by atoms with E-state index in [1.165, 1.54) is 20.4 Å². The zero-order chi connectivity index (χ0) is 8.97. The summed E-state index contributed by atoms with van der Waals surface area (Å²) in [4.78, 5) is 18.4. The minimum atomic E-state index is 0.0794. The smallest absolute Gasteiger partial charge is 0.216 e. The number of rotatable bonds is 3. The molecule has 0 radical (unpaired) electrons. The second kappa shape index (κ2) is 3.80. The molecule has 0 saturated heterocycles. The third-order valence-electron chi connectivity index (χ3n) is 1.34. The van der Waals surface area contributed by atoms with Crippen molar-refractivity contribution in [2.45, 2.75) is 13.3 Å². The molecule has 12 heavy (non-hydrogen) atoms. The average molecular weight is 166 g/mol. The van der Waals surface area contributed by atoms with Gasteiger partial charge in [-0.1, -0.05) is 0 Å². The Labute approximate surface area is 70.6 Å². The van der Waals surface area contributed by atoms with E-state index in [2.05, 4.69) is 9.97 Å². The molecule has 0 N–H and O–H groups in total. The summed E-state index contributed by atoms with van der Waals surface area (Å²) in [7, 11) is 1.53. The van der Waals surface area contributed by atoms with Gasteiger partial charge < -0.3 is 4.74 Å². The molecular formula is C8H10N2O2. The highest BCUT2D eigenvalue weighted by molar-refractivity contribution is 5.77. The van der Waals surface area contributed by atoms with Crippen molar-refractivity contribution in [1.29, 1.82) is 0 Å². The van der Waals surface area contributed by atoms with Crippen molar-refractivity contribution >= 4 is 5.78 Å². The Morgan fingerprint density at radius 2 is 2.33 bits per heavy atom.